The van der Waals surface area contributed by atoms with Gasteiger partial charge >= 0.3 is 0 Å². The average Bonchev–Trinajstić information content (AvgIpc) is 3.14. The Labute approximate surface area is 164 Å². The molecule has 1 aliphatic rings. The molecule has 1 saturated heterocycles. The molecule has 1 atom stereocenters. The zero-order chi connectivity index (χ0) is 19.0. The van der Waals surface area contributed by atoms with Crippen LogP contribution in [-0.4, -0.2) is 45.5 Å². The first-order valence-corrected chi connectivity index (χ1v) is 9.26. The number of carbonyl (C=O) groups is 2. The standard InChI is InChI=1S/C18H19FIN3O3/c1-10(24)16-8-13(18(26)23-6-5-12(25)9-23)17(22(16)2)21-15-4-3-11(20)7-14(15)19/h3-4,7-8,12,21,25H,5-6,9H2,1-2H3/t12-/m1/s1. The number of likely N-dealkylation sites (tertiary alicyclic amines) is 1. The molecule has 1 aromatic carbocycles. The molecule has 1 aliphatic heterocycles. The van der Waals surface area contributed by atoms with Gasteiger partial charge in [0.15, 0.2) is 5.78 Å². The van der Waals surface area contributed by atoms with Crippen molar-refractivity contribution < 1.29 is 19.1 Å². The largest absolute Gasteiger partial charge is 0.391 e. The lowest BCUT2D eigenvalue weighted by Gasteiger charge is -2.17. The maximum atomic E-state index is 14.2. The molecule has 0 radical (unpaired) electrons. The number of rotatable bonds is 4. The summed E-state index contributed by atoms with van der Waals surface area (Å²) >= 11 is 2.02. The molecular formula is C18H19FIN3O3. The smallest absolute Gasteiger partial charge is 0.257 e. The van der Waals surface area contributed by atoms with Crippen LogP contribution in [0.4, 0.5) is 15.9 Å². The van der Waals surface area contributed by atoms with Crippen molar-refractivity contribution in [2.75, 3.05) is 18.4 Å². The molecule has 8 heteroatoms. The number of carbonyl (C=O) groups excluding carboxylic acids is 2. The van der Waals surface area contributed by atoms with E-state index < -0.39 is 11.9 Å². The van der Waals surface area contributed by atoms with Crippen molar-refractivity contribution in [1.29, 1.82) is 0 Å². The van der Waals surface area contributed by atoms with Gasteiger partial charge in [0.05, 0.1) is 23.0 Å². The van der Waals surface area contributed by atoms with Gasteiger partial charge in [0.1, 0.15) is 11.6 Å². The van der Waals surface area contributed by atoms with E-state index in [-0.39, 0.29) is 29.5 Å². The lowest BCUT2D eigenvalue weighted by Crippen LogP contribution is -2.29. The van der Waals surface area contributed by atoms with Gasteiger partial charge in [-0.15, -0.1) is 0 Å². The number of amides is 1. The lowest BCUT2D eigenvalue weighted by atomic mass is 10.2. The van der Waals surface area contributed by atoms with Crippen LogP contribution in [0.15, 0.2) is 24.3 Å². The highest BCUT2D eigenvalue weighted by atomic mass is 127. The number of halogens is 2. The van der Waals surface area contributed by atoms with E-state index in [0.29, 0.717) is 24.5 Å². The molecule has 1 aromatic heterocycles. The molecule has 1 fully saturated rings. The lowest BCUT2D eigenvalue weighted by molar-refractivity contribution is 0.0766. The van der Waals surface area contributed by atoms with E-state index in [1.54, 1.807) is 28.6 Å². The van der Waals surface area contributed by atoms with Gasteiger partial charge in [0, 0.05) is 30.6 Å². The van der Waals surface area contributed by atoms with Crippen molar-refractivity contribution >= 4 is 45.8 Å². The number of nitrogens with zero attached hydrogens (tertiary/aromatic N) is 2. The van der Waals surface area contributed by atoms with E-state index in [9.17, 15) is 19.1 Å². The fourth-order valence-corrected chi connectivity index (χ4v) is 3.52. The number of hydrogen-bond acceptors (Lipinski definition) is 4. The minimum atomic E-state index is -0.542. The van der Waals surface area contributed by atoms with Crippen LogP contribution in [0, 0.1) is 9.39 Å². The number of β-amino-alcohol motifs (C(OH)–C–C–N with tert-alkyl or cyclic N) is 1. The Morgan fingerprint density at radius 2 is 2.08 bits per heavy atom. The van der Waals surface area contributed by atoms with E-state index >= 15 is 0 Å². The second-order valence-corrected chi connectivity index (χ2v) is 7.60. The quantitative estimate of drug-likeness (QED) is 0.532. The van der Waals surface area contributed by atoms with Crippen LogP contribution in [0.1, 0.15) is 34.2 Å². The zero-order valence-electron chi connectivity index (χ0n) is 14.4. The number of benzene rings is 1. The normalized spacial score (nSPS) is 16.8. The summed E-state index contributed by atoms with van der Waals surface area (Å²) in [5, 5.41) is 12.6. The molecule has 0 bridgehead atoms. The van der Waals surface area contributed by atoms with Crippen LogP contribution in [0.2, 0.25) is 0 Å². The molecule has 1 amide bonds. The van der Waals surface area contributed by atoms with E-state index in [4.69, 9.17) is 0 Å². The summed E-state index contributed by atoms with van der Waals surface area (Å²) in [4.78, 5) is 26.3. The highest BCUT2D eigenvalue weighted by Gasteiger charge is 2.29. The van der Waals surface area contributed by atoms with Crippen molar-refractivity contribution in [3.8, 4) is 0 Å². The van der Waals surface area contributed by atoms with Crippen LogP contribution in [-0.2, 0) is 7.05 Å². The maximum Gasteiger partial charge on any atom is 0.257 e. The van der Waals surface area contributed by atoms with E-state index in [1.165, 1.54) is 19.1 Å². The van der Waals surface area contributed by atoms with E-state index in [2.05, 4.69) is 5.32 Å². The topological polar surface area (TPSA) is 74.6 Å². The van der Waals surface area contributed by atoms with Gasteiger partial charge in [-0.2, -0.15) is 0 Å². The molecule has 0 aliphatic carbocycles. The molecule has 6 nitrogen and oxygen atoms in total. The van der Waals surface area contributed by atoms with Gasteiger partial charge in [-0.3, -0.25) is 9.59 Å². The summed E-state index contributed by atoms with van der Waals surface area (Å²) in [6, 6.07) is 6.24. The second-order valence-electron chi connectivity index (χ2n) is 6.35. The van der Waals surface area contributed by atoms with E-state index in [0.717, 1.165) is 3.57 Å². The highest BCUT2D eigenvalue weighted by molar-refractivity contribution is 14.1. The van der Waals surface area contributed by atoms with Crippen LogP contribution in [0.3, 0.4) is 0 Å². The van der Waals surface area contributed by atoms with Crippen molar-refractivity contribution in [1.82, 2.24) is 9.47 Å². The summed E-state index contributed by atoms with van der Waals surface area (Å²) in [7, 11) is 1.65. The first-order chi connectivity index (χ1) is 12.3. The number of nitrogens with one attached hydrogen (secondary N) is 1. The third kappa shape index (κ3) is 3.61. The van der Waals surface area contributed by atoms with Gasteiger partial charge in [-0.1, -0.05) is 0 Å². The predicted octanol–water partition coefficient (Wildman–Crippen LogP) is 2.92. The van der Waals surface area contributed by atoms with Gasteiger partial charge in [0.2, 0.25) is 0 Å². The van der Waals surface area contributed by atoms with Crippen molar-refractivity contribution in [2.45, 2.75) is 19.4 Å². The van der Waals surface area contributed by atoms with Crippen LogP contribution in [0.25, 0.3) is 0 Å². The Bertz CT molecular complexity index is 881. The average molecular weight is 471 g/mol. The summed E-state index contributed by atoms with van der Waals surface area (Å²) in [5.41, 5.74) is 0.850. The highest BCUT2D eigenvalue weighted by Crippen LogP contribution is 2.29. The van der Waals surface area contributed by atoms with Crippen LogP contribution in [0.5, 0.6) is 0 Å². The summed E-state index contributed by atoms with van der Waals surface area (Å²) < 4.78 is 16.6. The first-order valence-electron chi connectivity index (χ1n) is 8.18. The molecule has 2 aromatic rings. The van der Waals surface area contributed by atoms with Crippen molar-refractivity contribution in [3.05, 3.63) is 44.9 Å². The molecule has 2 heterocycles. The molecule has 0 unspecified atom stereocenters. The zero-order valence-corrected chi connectivity index (χ0v) is 16.6. The Hall–Kier alpha value is -1.94. The molecule has 138 valence electrons. The van der Waals surface area contributed by atoms with E-state index in [1.807, 2.05) is 22.6 Å². The first kappa shape index (κ1) is 18.8. The van der Waals surface area contributed by atoms with Gasteiger partial charge in [0.25, 0.3) is 5.91 Å². The second kappa shape index (κ2) is 7.36. The summed E-state index contributed by atoms with van der Waals surface area (Å²) in [6.07, 6.45) is -0.0212. The number of Topliss-reactive ketones (excluding diaryl/α,β-unsaturated/α-hetero) is 1. The van der Waals surface area contributed by atoms with Crippen molar-refractivity contribution in [2.24, 2.45) is 7.05 Å². The van der Waals surface area contributed by atoms with Crippen LogP contribution < -0.4 is 5.32 Å². The minimum Gasteiger partial charge on any atom is -0.391 e. The molecule has 2 N–H and O–H groups in total. The maximum absolute atomic E-state index is 14.2. The molecule has 0 saturated carbocycles. The third-order valence-electron chi connectivity index (χ3n) is 4.46. The number of aromatic nitrogens is 1. The number of aliphatic hydroxyl groups excluding tert-OH is 1. The summed E-state index contributed by atoms with van der Waals surface area (Å²) in [6.45, 7) is 2.11. The molecule has 0 spiro atoms. The van der Waals surface area contributed by atoms with Gasteiger partial charge in [-0.25, -0.2) is 4.39 Å². The Kier molecular flexibility index (Phi) is 5.33. The minimum absolute atomic E-state index is 0.195. The summed E-state index contributed by atoms with van der Waals surface area (Å²) in [5.74, 6) is -0.587. The van der Waals surface area contributed by atoms with Crippen LogP contribution >= 0.6 is 22.6 Å². The van der Waals surface area contributed by atoms with Gasteiger partial charge < -0.3 is 19.9 Å². The Morgan fingerprint density at radius 3 is 2.65 bits per heavy atom. The monoisotopic (exact) mass is 471 g/mol. The number of ketones is 1. The Morgan fingerprint density at radius 1 is 1.35 bits per heavy atom. The Balaban J connectivity index is 2.02. The number of aliphatic hydroxyl groups is 1. The molecule has 3 rings (SSSR count). The fourth-order valence-electron chi connectivity index (χ4n) is 3.07. The number of hydrogen-bond donors (Lipinski definition) is 2. The fraction of sp³-hybridized carbons (Fsp3) is 0.333. The number of anilines is 2. The molecule has 26 heavy (non-hydrogen) atoms. The van der Waals surface area contributed by atoms with Gasteiger partial charge in [-0.05, 0) is 53.3 Å². The van der Waals surface area contributed by atoms with Crippen molar-refractivity contribution in [3.63, 3.8) is 0 Å². The predicted molar refractivity (Wildman–Crippen MR) is 104 cm³/mol. The third-order valence-corrected chi connectivity index (χ3v) is 5.13. The molecular weight excluding hydrogens is 452 g/mol. The SMILES string of the molecule is CC(=O)c1cc(C(=O)N2CC[C@@H](O)C2)c(Nc2ccc(I)cc2F)n1C.